The first kappa shape index (κ1) is 20.5. The number of halogens is 1. The second-order valence-corrected chi connectivity index (χ2v) is 7.71. The van der Waals surface area contributed by atoms with Crippen molar-refractivity contribution in [3.05, 3.63) is 71.4 Å². The molecule has 10 nitrogen and oxygen atoms in total. The molecule has 2 aromatic heterocycles. The van der Waals surface area contributed by atoms with Gasteiger partial charge in [-0.3, -0.25) is 24.5 Å². The molecule has 0 spiro atoms. The number of pyridine rings is 1. The molecule has 1 aromatic carbocycles. The van der Waals surface area contributed by atoms with Crippen LogP contribution in [0.2, 0.25) is 0 Å². The Morgan fingerprint density at radius 2 is 2.06 bits per heavy atom. The highest BCUT2D eigenvalue weighted by Crippen LogP contribution is 2.28. The predicted octanol–water partition coefficient (Wildman–Crippen LogP) is 1.42. The van der Waals surface area contributed by atoms with Gasteiger partial charge in [-0.2, -0.15) is 5.10 Å². The molecule has 1 saturated heterocycles. The largest absolute Gasteiger partial charge is 0.322 e. The van der Waals surface area contributed by atoms with Gasteiger partial charge in [-0.15, -0.1) is 0 Å². The lowest BCUT2D eigenvalue weighted by molar-refractivity contribution is -0.136. The Morgan fingerprint density at radius 1 is 1.21 bits per heavy atom. The minimum absolute atomic E-state index is 0.00494. The number of aromatic nitrogens is 3. The molecule has 3 aromatic rings. The predicted molar refractivity (Wildman–Crippen MR) is 112 cm³/mol. The molecule has 2 aliphatic rings. The monoisotopic (exact) mass is 448 g/mol. The molecule has 1 atom stereocenters. The fraction of sp³-hybridized carbons (Fsp3) is 0.182. The van der Waals surface area contributed by atoms with Gasteiger partial charge in [0.05, 0.1) is 18.1 Å². The number of imide groups is 1. The van der Waals surface area contributed by atoms with Crippen molar-refractivity contribution in [1.29, 1.82) is 0 Å². The summed E-state index contributed by atoms with van der Waals surface area (Å²) in [5.41, 5.74) is 1.59. The van der Waals surface area contributed by atoms with Crippen LogP contribution >= 0.6 is 0 Å². The van der Waals surface area contributed by atoms with Crippen LogP contribution in [0.3, 0.4) is 0 Å². The number of fused-ring (bicyclic) bond motifs is 1. The first-order valence-electron chi connectivity index (χ1n) is 10.2. The molecule has 0 aliphatic carbocycles. The molecule has 2 N–H and O–H groups in total. The van der Waals surface area contributed by atoms with E-state index in [1.54, 1.807) is 12.1 Å². The van der Waals surface area contributed by atoms with Gasteiger partial charge in [0.25, 0.3) is 11.8 Å². The van der Waals surface area contributed by atoms with E-state index in [2.05, 4.69) is 20.7 Å². The van der Waals surface area contributed by atoms with Crippen LogP contribution in [0.15, 0.2) is 48.9 Å². The summed E-state index contributed by atoms with van der Waals surface area (Å²) in [4.78, 5) is 54.6. The Kier molecular flexibility index (Phi) is 4.93. The van der Waals surface area contributed by atoms with Gasteiger partial charge in [0.1, 0.15) is 6.04 Å². The molecule has 166 valence electrons. The van der Waals surface area contributed by atoms with E-state index < -0.39 is 23.7 Å². The maximum atomic E-state index is 13.9. The number of nitrogens with zero attached hydrogens (tertiary/aromatic N) is 4. The summed E-state index contributed by atoms with van der Waals surface area (Å²) in [5, 5.41) is 8.93. The van der Waals surface area contributed by atoms with Crippen LogP contribution in [0.5, 0.6) is 0 Å². The zero-order chi connectivity index (χ0) is 23.1. The maximum absolute atomic E-state index is 13.9. The Hall–Kier alpha value is -4.41. The molecule has 5 rings (SSSR count). The highest BCUT2D eigenvalue weighted by atomic mass is 19.1. The Morgan fingerprint density at radius 3 is 2.85 bits per heavy atom. The van der Waals surface area contributed by atoms with E-state index in [0.717, 1.165) is 0 Å². The summed E-state index contributed by atoms with van der Waals surface area (Å²) in [6.07, 6.45) is 4.64. The van der Waals surface area contributed by atoms with Gasteiger partial charge in [0, 0.05) is 30.3 Å². The number of carbonyl (C=O) groups excluding carboxylic acids is 4. The number of piperidine rings is 1. The molecular formula is C22H17FN6O4. The van der Waals surface area contributed by atoms with Gasteiger partial charge in [-0.25, -0.2) is 14.1 Å². The summed E-state index contributed by atoms with van der Waals surface area (Å²) in [6.45, 7) is 0.227. The quantitative estimate of drug-likeness (QED) is 0.582. The molecule has 2 aliphatic heterocycles. The highest BCUT2D eigenvalue weighted by Gasteiger charge is 2.39. The molecule has 0 radical (unpaired) electrons. The summed E-state index contributed by atoms with van der Waals surface area (Å²) in [6, 6.07) is 6.71. The third-order valence-electron chi connectivity index (χ3n) is 5.59. The summed E-state index contributed by atoms with van der Waals surface area (Å²) in [7, 11) is 0. The number of hydrogen-bond donors (Lipinski definition) is 2. The fourth-order valence-corrected chi connectivity index (χ4v) is 3.95. The van der Waals surface area contributed by atoms with Crippen LogP contribution < -0.4 is 10.6 Å². The fourth-order valence-electron chi connectivity index (χ4n) is 3.95. The van der Waals surface area contributed by atoms with Crippen molar-refractivity contribution in [3.8, 4) is 5.82 Å². The zero-order valence-electron chi connectivity index (χ0n) is 17.1. The number of anilines is 1. The molecule has 11 heteroatoms. The Labute approximate surface area is 186 Å². The van der Waals surface area contributed by atoms with Crippen molar-refractivity contribution in [3.63, 3.8) is 0 Å². The van der Waals surface area contributed by atoms with E-state index in [0.29, 0.717) is 16.8 Å². The molecule has 1 unspecified atom stereocenters. The smallest absolute Gasteiger partial charge is 0.255 e. The Bertz CT molecular complexity index is 1320. The van der Waals surface area contributed by atoms with E-state index in [1.807, 2.05) is 0 Å². The van der Waals surface area contributed by atoms with Crippen LogP contribution in [0.4, 0.5) is 10.1 Å². The standard InChI is InChI=1S/C22H17FN6O4/c23-16-2-1-7-24-19(16)29-11-14(9-25-29)26-20(31)12-3-4-13-10-28(22(33)15(13)8-12)17-5-6-18(30)27-21(17)32/h1-4,7-9,11,17H,5-6,10H2,(H,26,31)(H,27,30,32). The number of benzene rings is 1. The first-order chi connectivity index (χ1) is 15.9. The van der Waals surface area contributed by atoms with Crippen molar-refractivity contribution in [2.75, 3.05) is 5.32 Å². The number of carbonyl (C=O) groups is 4. The van der Waals surface area contributed by atoms with Gasteiger partial charge in [0.15, 0.2) is 11.6 Å². The number of nitrogens with one attached hydrogen (secondary N) is 2. The van der Waals surface area contributed by atoms with Gasteiger partial charge >= 0.3 is 0 Å². The lowest BCUT2D eigenvalue weighted by Gasteiger charge is -2.29. The molecule has 33 heavy (non-hydrogen) atoms. The molecule has 1 fully saturated rings. The number of rotatable bonds is 4. The zero-order valence-corrected chi connectivity index (χ0v) is 17.1. The lowest BCUT2D eigenvalue weighted by atomic mass is 10.0. The lowest BCUT2D eigenvalue weighted by Crippen LogP contribution is -2.52. The highest BCUT2D eigenvalue weighted by molar-refractivity contribution is 6.08. The van der Waals surface area contributed by atoms with Crippen molar-refractivity contribution >= 4 is 29.3 Å². The van der Waals surface area contributed by atoms with E-state index >= 15 is 0 Å². The summed E-state index contributed by atoms with van der Waals surface area (Å²) >= 11 is 0. The van der Waals surface area contributed by atoms with Crippen LogP contribution in [-0.4, -0.2) is 49.3 Å². The third-order valence-corrected chi connectivity index (χ3v) is 5.59. The average molecular weight is 448 g/mol. The van der Waals surface area contributed by atoms with E-state index in [1.165, 1.54) is 46.4 Å². The first-order valence-corrected chi connectivity index (χ1v) is 10.2. The maximum Gasteiger partial charge on any atom is 0.255 e. The summed E-state index contributed by atoms with van der Waals surface area (Å²) in [5.74, 6) is -2.26. The molecule has 4 heterocycles. The average Bonchev–Trinajstić information content (AvgIpc) is 3.38. The second-order valence-electron chi connectivity index (χ2n) is 7.71. The SMILES string of the molecule is O=C1CCC(N2Cc3ccc(C(=O)Nc4cnn(-c5ncccc5F)c4)cc3C2=O)C(=O)N1. The van der Waals surface area contributed by atoms with Crippen molar-refractivity contribution in [1.82, 2.24) is 25.0 Å². The van der Waals surface area contributed by atoms with Gasteiger partial charge in [0.2, 0.25) is 11.8 Å². The van der Waals surface area contributed by atoms with Crippen LogP contribution in [0.1, 0.15) is 39.1 Å². The second kappa shape index (κ2) is 7.93. The van der Waals surface area contributed by atoms with Gasteiger partial charge in [-0.05, 0) is 36.2 Å². The number of hydrogen-bond acceptors (Lipinski definition) is 6. The molecule has 0 saturated carbocycles. The third kappa shape index (κ3) is 3.73. The topological polar surface area (TPSA) is 126 Å². The van der Waals surface area contributed by atoms with Crippen LogP contribution in [-0.2, 0) is 16.1 Å². The molecule has 4 amide bonds. The minimum atomic E-state index is -0.724. The van der Waals surface area contributed by atoms with E-state index in [-0.39, 0.29) is 42.6 Å². The van der Waals surface area contributed by atoms with E-state index in [4.69, 9.17) is 0 Å². The van der Waals surface area contributed by atoms with Crippen molar-refractivity contribution < 1.29 is 23.6 Å². The molecule has 0 bridgehead atoms. The van der Waals surface area contributed by atoms with Gasteiger partial charge < -0.3 is 10.2 Å². The number of amides is 4. The van der Waals surface area contributed by atoms with Gasteiger partial charge in [-0.1, -0.05) is 6.07 Å². The van der Waals surface area contributed by atoms with Crippen molar-refractivity contribution in [2.45, 2.75) is 25.4 Å². The van der Waals surface area contributed by atoms with Crippen molar-refractivity contribution in [2.24, 2.45) is 0 Å². The Balaban J connectivity index is 1.32. The summed E-state index contributed by atoms with van der Waals surface area (Å²) < 4.78 is 15.1. The molecular weight excluding hydrogens is 431 g/mol. The normalized spacial score (nSPS) is 17.7. The van der Waals surface area contributed by atoms with Crippen LogP contribution in [0.25, 0.3) is 5.82 Å². The minimum Gasteiger partial charge on any atom is -0.322 e. The van der Waals surface area contributed by atoms with Crippen LogP contribution in [0, 0.1) is 5.82 Å². The van der Waals surface area contributed by atoms with E-state index in [9.17, 15) is 23.6 Å².